The quantitative estimate of drug-likeness (QED) is 0.401. The maximum Gasteiger partial charge on any atom is 0.334 e. The van der Waals surface area contributed by atoms with Crippen molar-refractivity contribution < 1.29 is 13.9 Å². The third-order valence-electron chi connectivity index (χ3n) is 3.22. The highest BCUT2D eigenvalue weighted by Gasteiger charge is 2.20. The van der Waals surface area contributed by atoms with Gasteiger partial charge in [-0.2, -0.15) is 0 Å². The fraction of sp³-hybridized carbons (Fsp3) is 0.0588. The van der Waals surface area contributed by atoms with Crippen LogP contribution in [0.2, 0.25) is 5.02 Å². The van der Waals surface area contributed by atoms with E-state index >= 15 is 0 Å². The molecular weight excluding hydrogens is 339 g/mol. The molecule has 1 unspecified atom stereocenters. The van der Waals surface area contributed by atoms with Gasteiger partial charge in [0.15, 0.2) is 5.38 Å². The zero-order valence-electron chi connectivity index (χ0n) is 11.7. The SMILES string of the molecule is O=C(Oc1ccc2c(=O)c(Cl)coc2c1)C(Cl)c1ccccc1. The van der Waals surface area contributed by atoms with Gasteiger partial charge in [-0.15, -0.1) is 11.6 Å². The molecule has 0 radical (unpaired) electrons. The summed E-state index contributed by atoms with van der Waals surface area (Å²) in [6.07, 6.45) is 1.14. The highest BCUT2D eigenvalue weighted by Crippen LogP contribution is 2.25. The van der Waals surface area contributed by atoms with Crippen LogP contribution in [-0.2, 0) is 4.79 Å². The summed E-state index contributed by atoms with van der Waals surface area (Å²) >= 11 is 11.8. The number of ether oxygens (including phenoxy) is 1. The molecule has 23 heavy (non-hydrogen) atoms. The summed E-state index contributed by atoms with van der Waals surface area (Å²) in [4.78, 5) is 23.9. The molecule has 0 bridgehead atoms. The van der Waals surface area contributed by atoms with E-state index in [0.29, 0.717) is 10.9 Å². The monoisotopic (exact) mass is 348 g/mol. The standard InChI is InChI=1S/C17H10Cl2O4/c18-13-9-22-14-8-11(6-7-12(14)16(13)20)23-17(21)15(19)10-4-2-1-3-5-10/h1-9,15H. The average Bonchev–Trinajstić information content (AvgIpc) is 2.58. The first-order valence-electron chi connectivity index (χ1n) is 6.68. The van der Waals surface area contributed by atoms with Gasteiger partial charge in [-0.05, 0) is 17.7 Å². The van der Waals surface area contributed by atoms with E-state index in [9.17, 15) is 9.59 Å². The summed E-state index contributed by atoms with van der Waals surface area (Å²) in [7, 11) is 0. The van der Waals surface area contributed by atoms with Crippen LogP contribution in [0.4, 0.5) is 0 Å². The molecule has 0 saturated carbocycles. The van der Waals surface area contributed by atoms with Crippen molar-refractivity contribution >= 4 is 40.1 Å². The molecule has 1 aromatic heterocycles. The minimum absolute atomic E-state index is 0.00727. The molecule has 1 atom stereocenters. The lowest BCUT2D eigenvalue weighted by molar-refractivity contribution is -0.134. The van der Waals surface area contributed by atoms with Crippen molar-refractivity contribution in [3.8, 4) is 5.75 Å². The van der Waals surface area contributed by atoms with Crippen LogP contribution in [0.25, 0.3) is 11.0 Å². The van der Waals surface area contributed by atoms with Gasteiger partial charge in [0, 0.05) is 6.07 Å². The average molecular weight is 349 g/mol. The molecule has 6 heteroatoms. The molecule has 0 aliphatic heterocycles. The summed E-state index contributed by atoms with van der Waals surface area (Å²) in [5, 5.41) is -0.626. The number of carbonyl (C=O) groups is 1. The molecule has 0 amide bonds. The molecule has 0 aliphatic carbocycles. The summed E-state index contributed by atoms with van der Waals surface area (Å²) in [5.41, 5.74) is 0.569. The minimum Gasteiger partial charge on any atom is -0.462 e. The second-order valence-corrected chi connectivity index (χ2v) is 5.61. The first-order valence-corrected chi connectivity index (χ1v) is 7.49. The van der Waals surface area contributed by atoms with Crippen molar-refractivity contribution in [2.45, 2.75) is 5.38 Å². The van der Waals surface area contributed by atoms with E-state index < -0.39 is 11.3 Å². The number of esters is 1. The van der Waals surface area contributed by atoms with Crippen molar-refractivity contribution in [2.75, 3.05) is 0 Å². The van der Waals surface area contributed by atoms with E-state index in [4.69, 9.17) is 32.4 Å². The summed E-state index contributed by atoms with van der Waals surface area (Å²) in [6.45, 7) is 0. The Balaban J connectivity index is 1.85. The third-order valence-corrected chi connectivity index (χ3v) is 3.91. The highest BCUT2D eigenvalue weighted by atomic mass is 35.5. The molecule has 3 rings (SSSR count). The molecule has 0 fully saturated rings. The Morgan fingerprint density at radius 1 is 1.13 bits per heavy atom. The van der Waals surface area contributed by atoms with Gasteiger partial charge in [0.25, 0.3) is 0 Å². The predicted molar refractivity (Wildman–Crippen MR) is 88.2 cm³/mol. The number of carbonyl (C=O) groups excluding carboxylic acids is 1. The van der Waals surface area contributed by atoms with Crippen molar-refractivity contribution in [2.24, 2.45) is 0 Å². The third kappa shape index (κ3) is 3.23. The van der Waals surface area contributed by atoms with Crippen LogP contribution in [-0.4, -0.2) is 5.97 Å². The molecular formula is C17H10Cl2O4. The van der Waals surface area contributed by atoms with E-state index in [0.717, 1.165) is 6.26 Å². The molecule has 0 N–H and O–H groups in total. The number of rotatable bonds is 3. The van der Waals surface area contributed by atoms with Crippen molar-refractivity contribution in [1.82, 2.24) is 0 Å². The van der Waals surface area contributed by atoms with Crippen LogP contribution in [0, 0.1) is 0 Å². The molecule has 3 aromatic rings. The maximum absolute atomic E-state index is 12.1. The Morgan fingerprint density at radius 3 is 2.61 bits per heavy atom. The Kier molecular flexibility index (Phi) is 4.37. The summed E-state index contributed by atoms with van der Waals surface area (Å²) in [5.74, 6) is -0.386. The number of fused-ring (bicyclic) bond motifs is 1. The van der Waals surface area contributed by atoms with Crippen LogP contribution in [0.15, 0.2) is 64.0 Å². The molecule has 0 saturated heterocycles. The number of hydrogen-bond acceptors (Lipinski definition) is 4. The molecule has 0 spiro atoms. The van der Waals surface area contributed by atoms with Crippen LogP contribution in [0.1, 0.15) is 10.9 Å². The molecule has 4 nitrogen and oxygen atoms in total. The van der Waals surface area contributed by atoms with E-state index in [-0.39, 0.29) is 21.8 Å². The van der Waals surface area contributed by atoms with Crippen LogP contribution < -0.4 is 10.2 Å². The van der Waals surface area contributed by atoms with Crippen LogP contribution in [0.5, 0.6) is 5.75 Å². The molecule has 2 aromatic carbocycles. The number of halogens is 2. The fourth-order valence-corrected chi connectivity index (χ4v) is 2.41. The summed E-state index contributed by atoms with van der Waals surface area (Å²) < 4.78 is 10.5. The zero-order valence-corrected chi connectivity index (χ0v) is 13.2. The maximum atomic E-state index is 12.1. The predicted octanol–water partition coefficient (Wildman–Crippen LogP) is 4.33. The van der Waals surface area contributed by atoms with Gasteiger partial charge in [-0.25, -0.2) is 4.79 Å². The van der Waals surface area contributed by atoms with E-state index in [1.165, 1.54) is 18.2 Å². The van der Waals surface area contributed by atoms with Crippen LogP contribution in [0.3, 0.4) is 0 Å². The summed E-state index contributed by atoms with van der Waals surface area (Å²) in [6, 6.07) is 13.3. The fourth-order valence-electron chi connectivity index (χ4n) is 2.07. The van der Waals surface area contributed by atoms with E-state index in [1.54, 1.807) is 24.3 Å². The van der Waals surface area contributed by atoms with Crippen molar-refractivity contribution in [3.05, 3.63) is 75.6 Å². The van der Waals surface area contributed by atoms with Gasteiger partial charge in [0.1, 0.15) is 22.6 Å². The second kappa shape index (κ2) is 6.44. The first kappa shape index (κ1) is 15.6. The number of benzene rings is 2. The highest BCUT2D eigenvalue weighted by molar-refractivity contribution is 6.31. The van der Waals surface area contributed by atoms with Gasteiger partial charge in [0.2, 0.25) is 5.43 Å². The van der Waals surface area contributed by atoms with Crippen LogP contribution >= 0.6 is 23.2 Å². The lowest BCUT2D eigenvalue weighted by atomic mass is 10.1. The molecule has 116 valence electrons. The smallest absolute Gasteiger partial charge is 0.334 e. The van der Waals surface area contributed by atoms with Crippen molar-refractivity contribution in [3.63, 3.8) is 0 Å². The lowest BCUT2D eigenvalue weighted by Gasteiger charge is -2.10. The minimum atomic E-state index is -0.927. The Morgan fingerprint density at radius 2 is 1.87 bits per heavy atom. The van der Waals surface area contributed by atoms with E-state index in [2.05, 4.69) is 0 Å². The number of hydrogen-bond donors (Lipinski definition) is 0. The van der Waals surface area contributed by atoms with E-state index in [1.807, 2.05) is 6.07 Å². The second-order valence-electron chi connectivity index (χ2n) is 4.77. The Hall–Kier alpha value is -2.30. The van der Waals surface area contributed by atoms with Gasteiger partial charge < -0.3 is 9.15 Å². The normalized spacial score (nSPS) is 12.1. The number of alkyl halides is 1. The lowest BCUT2D eigenvalue weighted by Crippen LogP contribution is -2.14. The first-order chi connectivity index (χ1) is 11.1. The van der Waals surface area contributed by atoms with Gasteiger partial charge >= 0.3 is 5.97 Å². The Labute approximate surface area is 141 Å². The Bertz CT molecular complexity index is 919. The molecule has 1 heterocycles. The topological polar surface area (TPSA) is 56.5 Å². The van der Waals surface area contributed by atoms with Crippen molar-refractivity contribution in [1.29, 1.82) is 0 Å². The zero-order chi connectivity index (χ0) is 16.4. The molecule has 0 aliphatic rings. The van der Waals surface area contributed by atoms with Gasteiger partial charge in [-0.3, -0.25) is 4.79 Å². The van der Waals surface area contributed by atoms with Gasteiger partial charge in [-0.1, -0.05) is 41.9 Å². The van der Waals surface area contributed by atoms with Gasteiger partial charge in [0.05, 0.1) is 5.39 Å². The largest absolute Gasteiger partial charge is 0.462 e.